The highest BCUT2D eigenvalue weighted by Crippen LogP contribution is 2.19. The van der Waals surface area contributed by atoms with E-state index in [0.29, 0.717) is 5.56 Å². The van der Waals surface area contributed by atoms with Gasteiger partial charge in [0.25, 0.3) is 0 Å². The van der Waals surface area contributed by atoms with E-state index in [9.17, 15) is 9.59 Å². The molecule has 0 radical (unpaired) electrons. The lowest BCUT2D eigenvalue weighted by atomic mass is 9.96. The van der Waals surface area contributed by atoms with Crippen LogP contribution in [0.5, 0.6) is 0 Å². The first-order valence-electron chi connectivity index (χ1n) is 8.42. The SMILES string of the molecule is CCCCNC(=O)C1CCCN(Cc2ccc(C(=O)O)cc2)C1. The standard InChI is InChI=1S/C18H26N2O3/c1-2-3-10-19-17(21)16-5-4-11-20(13-16)12-14-6-8-15(9-7-14)18(22)23/h6-9,16H,2-5,10-13H2,1H3,(H,19,21)(H,22,23). The van der Waals surface area contributed by atoms with Crippen LogP contribution in [0.2, 0.25) is 0 Å². The second kappa shape index (κ2) is 8.67. The predicted molar refractivity (Wildman–Crippen MR) is 89.3 cm³/mol. The maximum atomic E-state index is 12.2. The van der Waals surface area contributed by atoms with Crippen molar-refractivity contribution in [2.75, 3.05) is 19.6 Å². The molecule has 126 valence electrons. The van der Waals surface area contributed by atoms with Gasteiger partial charge in [-0.3, -0.25) is 9.69 Å². The number of rotatable bonds is 7. The van der Waals surface area contributed by atoms with Gasteiger partial charge < -0.3 is 10.4 Å². The third kappa shape index (κ3) is 5.36. The molecule has 0 aliphatic carbocycles. The molecular weight excluding hydrogens is 292 g/mol. The Morgan fingerprint density at radius 3 is 2.70 bits per heavy atom. The number of carboxylic acid groups (broad SMARTS) is 1. The summed E-state index contributed by atoms with van der Waals surface area (Å²) in [5.74, 6) is -0.665. The number of amides is 1. The number of nitrogens with zero attached hydrogens (tertiary/aromatic N) is 1. The van der Waals surface area contributed by atoms with Gasteiger partial charge in [-0.25, -0.2) is 4.79 Å². The number of carbonyl (C=O) groups is 2. The highest BCUT2D eigenvalue weighted by atomic mass is 16.4. The quantitative estimate of drug-likeness (QED) is 0.758. The summed E-state index contributed by atoms with van der Waals surface area (Å²) in [6, 6.07) is 6.98. The number of hydrogen-bond acceptors (Lipinski definition) is 3. The fourth-order valence-electron chi connectivity index (χ4n) is 2.96. The lowest BCUT2D eigenvalue weighted by Gasteiger charge is -2.32. The maximum absolute atomic E-state index is 12.2. The summed E-state index contributed by atoms with van der Waals surface area (Å²) in [5, 5.41) is 12.0. The average molecular weight is 318 g/mol. The highest BCUT2D eigenvalue weighted by Gasteiger charge is 2.25. The number of hydrogen-bond donors (Lipinski definition) is 2. The van der Waals surface area contributed by atoms with E-state index >= 15 is 0 Å². The molecule has 1 aromatic carbocycles. The molecule has 0 aromatic heterocycles. The molecule has 2 rings (SSSR count). The zero-order chi connectivity index (χ0) is 16.7. The Bertz CT molecular complexity index is 528. The van der Waals surface area contributed by atoms with E-state index < -0.39 is 5.97 Å². The Kier molecular flexibility index (Phi) is 6.59. The van der Waals surface area contributed by atoms with Crippen LogP contribution in [0.4, 0.5) is 0 Å². The first-order valence-corrected chi connectivity index (χ1v) is 8.42. The van der Waals surface area contributed by atoms with E-state index in [4.69, 9.17) is 5.11 Å². The van der Waals surface area contributed by atoms with E-state index in [-0.39, 0.29) is 11.8 Å². The molecule has 1 aliphatic heterocycles. The van der Waals surface area contributed by atoms with E-state index in [0.717, 1.165) is 57.4 Å². The van der Waals surface area contributed by atoms with Crippen LogP contribution in [-0.4, -0.2) is 41.5 Å². The molecule has 1 fully saturated rings. The second-order valence-corrected chi connectivity index (χ2v) is 6.22. The fraction of sp³-hybridized carbons (Fsp3) is 0.556. The van der Waals surface area contributed by atoms with Crippen molar-refractivity contribution < 1.29 is 14.7 Å². The van der Waals surface area contributed by atoms with Crippen LogP contribution in [0.3, 0.4) is 0 Å². The van der Waals surface area contributed by atoms with Gasteiger partial charge in [0.15, 0.2) is 0 Å². The second-order valence-electron chi connectivity index (χ2n) is 6.22. The topological polar surface area (TPSA) is 69.6 Å². The van der Waals surface area contributed by atoms with Crippen molar-refractivity contribution in [3.63, 3.8) is 0 Å². The van der Waals surface area contributed by atoms with E-state index in [1.807, 2.05) is 12.1 Å². The molecule has 1 heterocycles. The number of piperidine rings is 1. The van der Waals surface area contributed by atoms with Gasteiger partial charge >= 0.3 is 5.97 Å². The van der Waals surface area contributed by atoms with Crippen LogP contribution in [0, 0.1) is 5.92 Å². The van der Waals surface area contributed by atoms with Gasteiger partial charge in [-0.05, 0) is 43.5 Å². The van der Waals surface area contributed by atoms with Gasteiger partial charge in [-0.2, -0.15) is 0 Å². The zero-order valence-corrected chi connectivity index (χ0v) is 13.8. The molecule has 0 spiro atoms. The molecule has 1 aliphatic rings. The van der Waals surface area contributed by atoms with Gasteiger partial charge in [0, 0.05) is 19.6 Å². The Labute approximate surface area is 137 Å². The lowest BCUT2D eigenvalue weighted by molar-refractivity contribution is -0.126. The van der Waals surface area contributed by atoms with Crippen molar-refractivity contribution in [1.29, 1.82) is 0 Å². The molecule has 1 aromatic rings. The van der Waals surface area contributed by atoms with Crippen LogP contribution < -0.4 is 5.32 Å². The van der Waals surface area contributed by atoms with Gasteiger partial charge in [-0.1, -0.05) is 25.5 Å². The minimum atomic E-state index is -0.904. The summed E-state index contributed by atoms with van der Waals surface area (Å²) in [7, 11) is 0. The molecule has 0 bridgehead atoms. The first kappa shape index (κ1) is 17.5. The Hall–Kier alpha value is -1.88. The molecule has 1 amide bonds. The van der Waals surface area contributed by atoms with Crippen LogP contribution >= 0.6 is 0 Å². The molecule has 5 nitrogen and oxygen atoms in total. The van der Waals surface area contributed by atoms with Gasteiger partial charge in [-0.15, -0.1) is 0 Å². The molecule has 1 unspecified atom stereocenters. The van der Waals surface area contributed by atoms with Crippen LogP contribution in [0.1, 0.15) is 48.5 Å². The number of carbonyl (C=O) groups excluding carboxylic acids is 1. The van der Waals surface area contributed by atoms with E-state index in [1.165, 1.54) is 0 Å². The number of likely N-dealkylation sites (tertiary alicyclic amines) is 1. The number of nitrogens with one attached hydrogen (secondary N) is 1. The Morgan fingerprint density at radius 2 is 2.04 bits per heavy atom. The third-order valence-electron chi connectivity index (χ3n) is 4.31. The predicted octanol–water partition coefficient (Wildman–Crippen LogP) is 2.51. The number of carboxylic acids is 1. The molecule has 2 N–H and O–H groups in total. The molecule has 23 heavy (non-hydrogen) atoms. The van der Waals surface area contributed by atoms with Crippen LogP contribution in [0.15, 0.2) is 24.3 Å². The molecule has 1 atom stereocenters. The lowest BCUT2D eigenvalue weighted by Crippen LogP contribution is -2.42. The molecule has 1 saturated heterocycles. The maximum Gasteiger partial charge on any atom is 0.335 e. The minimum absolute atomic E-state index is 0.0684. The largest absolute Gasteiger partial charge is 0.478 e. The van der Waals surface area contributed by atoms with Gasteiger partial charge in [0.05, 0.1) is 11.5 Å². The summed E-state index contributed by atoms with van der Waals surface area (Å²) in [6.45, 7) is 5.41. The summed E-state index contributed by atoms with van der Waals surface area (Å²) in [4.78, 5) is 25.3. The van der Waals surface area contributed by atoms with E-state index in [1.54, 1.807) is 12.1 Å². The van der Waals surface area contributed by atoms with Crippen molar-refractivity contribution in [3.05, 3.63) is 35.4 Å². The molecular formula is C18H26N2O3. The fourth-order valence-corrected chi connectivity index (χ4v) is 2.96. The minimum Gasteiger partial charge on any atom is -0.478 e. The Morgan fingerprint density at radius 1 is 1.30 bits per heavy atom. The summed E-state index contributed by atoms with van der Waals surface area (Å²) < 4.78 is 0. The normalized spacial score (nSPS) is 18.6. The summed E-state index contributed by atoms with van der Waals surface area (Å²) in [5.41, 5.74) is 1.39. The van der Waals surface area contributed by atoms with E-state index in [2.05, 4.69) is 17.1 Å². The van der Waals surface area contributed by atoms with Gasteiger partial charge in [0.1, 0.15) is 0 Å². The van der Waals surface area contributed by atoms with Crippen LogP contribution in [0.25, 0.3) is 0 Å². The number of unbranched alkanes of at least 4 members (excludes halogenated alkanes) is 1. The monoisotopic (exact) mass is 318 g/mol. The Balaban J connectivity index is 1.85. The van der Waals surface area contributed by atoms with Crippen molar-refractivity contribution in [2.24, 2.45) is 5.92 Å². The summed E-state index contributed by atoms with van der Waals surface area (Å²) >= 11 is 0. The molecule has 0 saturated carbocycles. The first-order chi connectivity index (χ1) is 11.1. The van der Waals surface area contributed by atoms with Crippen molar-refractivity contribution in [3.8, 4) is 0 Å². The third-order valence-corrected chi connectivity index (χ3v) is 4.31. The highest BCUT2D eigenvalue weighted by molar-refractivity contribution is 5.87. The smallest absolute Gasteiger partial charge is 0.335 e. The average Bonchev–Trinajstić information content (AvgIpc) is 2.56. The zero-order valence-electron chi connectivity index (χ0n) is 13.8. The van der Waals surface area contributed by atoms with Crippen molar-refractivity contribution in [1.82, 2.24) is 10.2 Å². The molecule has 5 heteroatoms. The van der Waals surface area contributed by atoms with Crippen molar-refractivity contribution in [2.45, 2.75) is 39.2 Å². The van der Waals surface area contributed by atoms with Gasteiger partial charge in [0.2, 0.25) is 5.91 Å². The number of aromatic carboxylic acids is 1. The number of benzene rings is 1. The summed E-state index contributed by atoms with van der Waals surface area (Å²) in [6.07, 6.45) is 4.09. The van der Waals surface area contributed by atoms with Crippen molar-refractivity contribution >= 4 is 11.9 Å². The van der Waals surface area contributed by atoms with Crippen LogP contribution in [-0.2, 0) is 11.3 Å².